The Balaban J connectivity index is 1.60. The van der Waals surface area contributed by atoms with E-state index in [0.717, 1.165) is 36.9 Å². The van der Waals surface area contributed by atoms with Gasteiger partial charge in [0.05, 0.1) is 17.2 Å². The van der Waals surface area contributed by atoms with Crippen LogP contribution in [0.1, 0.15) is 75.3 Å². The van der Waals surface area contributed by atoms with Gasteiger partial charge in [-0.3, -0.25) is 4.79 Å². The van der Waals surface area contributed by atoms with Crippen LogP contribution in [0, 0.1) is 0 Å². The van der Waals surface area contributed by atoms with Gasteiger partial charge in [0.2, 0.25) is 0 Å². The second kappa shape index (κ2) is 10.6. The average molecular weight is 522 g/mol. The second-order valence-electron chi connectivity index (χ2n) is 10.0. The van der Waals surface area contributed by atoms with Gasteiger partial charge in [0.25, 0.3) is 0 Å². The van der Waals surface area contributed by atoms with Crippen molar-refractivity contribution in [1.29, 1.82) is 0 Å². The number of dihydropyridines is 1. The lowest BCUT2D eigenvalue weighted by Gasteiger charge is -2.37. The van der Waals surface area contributed by atoms with Crippen LogP contribution in [0.2, 0.25) is 5.02 Å². The molecule has 2 aromatic rings. The van der Waals surface area contributed by atoms with Crippen molar-refractivity contribution in [3.8, 4) is 11.5 Å². The number of rotatable bonds is 6. The highest BCUT2D eigenvalue weighted by molar-refractivity contribution is 6.32. The van der Waals surface area contributed by atoms with E-state index >= 15 is 0 Å². The first kappa shape index (κ1) is 25.4. The minimum atomic E-state index is -0.674. The Morgan fingerprint density at radius 2 is 1.84 bits per heavy atom. The number of aromatic hydroxyl groups is 1. The zero-order valence-electron chi connectivity index (χ0n) is 21.2. The van der Waals surface area contributed by atoms with Crippen molar-refractivity contribution >= 4 is 23.4 Å². The molecule has 2 aliphatic carbocycles. The van der Waals surface area contributed by atoms with E-state index in [0.29, 0.717) is 41.9 Å². The van der Waals surface area contributed by atoms with E-state index in [1.165, 1.54) is 0 Å². The van der Waals surface area contributed by atoms with Crippen molar-refractivity contribution in [2.24, 2.45) is 0 Å². The van der Waals surface area contributed by atoms with Crippen LogP contribution in [0.4, 0.5) is 0 Å². The summed E-state index contributed by atoms with van der Waals surface area (Å²) < 4.78 is 11.6. The van der Waals surface area contributed by atoms with Crippen molar-refractivity contribution < 1.29 is 24.2 Å². The lowest BCUT2D eigenvalue weighted by atomic mass is 9.71. The molecular weight excluding hydrogens is 490 g/mol. The van der Waals surface area contributed by atoms with Crippen LogP contribution in [0.5, 0.6) is 11.5 Å². The molecule has 2 aromatic carbocycles. The summed E-state index contributed by atoms with van der Waals surface area (Å²) >= 11 is 6.41. The molecule has 1 aliphatic heterocycles. The molecule has 194 valence electrons. The van der Waals surface area contributed by atoms with Crippen LogP contribution in [0.15, 0.2) is 65.0 Å². The topological polar surface area (TPSA) is 84.9 Å². The summed E-state index contributed by atoms with van der Waals surface area (Å²) in [6.07, 6.45) is 4.65. The number of esters is 1. The Bertz CT molecular complexity index is 1280. The van der Waals surface area contributed by atoms with Crippen molar-refractivity contribution in [3.63, 3.8) is 0 Å². The summed E-state index contributed by atoms with van der Waals surface area (Å²) in [5.74, 6) is -1.01. The van der Waals surface area contributed by atoms with E-state index in [1.54, 1.807) is 12.1 Å². The molecule has 3 aliphatic rings. The highest BCUT2D eigenvalue weighted by atomic mass is 35.5. The molecule has 0 aromatic heterocycles. The van der Waals surface area contributed by atoms with Gasteiger partial charge in [0.1, 0.15) is 6.10 Å². The minimum Gasteiger partial charge on any atom is -0.503 e. The minimum absolute atomic E-state index is 0.0200. The summed E-state index contributed by atoms with van der Waals surface area (Å²) in [4.78, 5) is 27.4. The van der Waals surface area contributed by atoms with Crippen molar-refractivity contribution in [2.45, 2.75) is 70.3 Å². The van der Waals surface area contributed by atoms with Gasteiger partial charge in [0.15, 0.2) is 17.3 Å². The van der Waals surface area contributed by atoms with E-state index in [4.69, 9.17) is 21.1 Å². The van der Waals surface area contributed by atoms with Crippen LogP contribution in [0.25, 0.3) is 0 Å². The summed E-state index contributed by atoms with van der Waals surface area (Å²) in [5, 5.41) is 14.0. The molecule has 1 fully saturated rings. The van der Waals surface area contributed by atoms with E-state index in [9.17, 15) is 14.7 Å². The summed E-state index contributed by atoms with van der Waals surface area (Å²) in [6.45, 7) is 3.99. The van der Waals surface area contributed by atoms with E-state index in [-0.39, 0.29) is 34.3 Å². The van der Waals surface area contributed by atoms with Crippen LogP contribution in [0.3, 0.4) is 0 Å². The number of Topliss-reactive ketones (excluding diaryl/α,β-unsaturated/α-hetero) is 1. The van der Waals surface area contributed by atoms with Gasteiger partial charge in [-0.2, -0.15) is 0 Å². The third-order valence-electron chi connectivity index (χ3n) is 7.58. The van der Waals surface area contributed by atoms with Gasteiger partial charge in [-0.25, -0.2) is 4.79 Å². The monoisotopic (exact) mass is 521 g/mol. The number of allylic oxidation sites excluding steroid dienone is 3. The first-order valence-corrected chi connectivity index (χ1v) is 13.4. The number of halogens is 1. The quantitative estimate of drug-likeness (QED) is 0.434. The Morgan fingerprint density at radius 1 is 1.11 bits per heavy atom. The maximum absolute atomic E-state index is 13.8. The smallest absolute Gasteiger partial charge is 0.337 e. The third-order valence-corrected chi connectivity index (χ3v) is 7.87. The number of ether oxygens (including phenoxy) is 2. The number of carbonyl (C=O) groups is 2. The maximum atomic E-state index is 13.8. The predicted molar refractivity (Wildman–Crippen MR) is 142 cm³/mol. The number of phenols is 1. The van der Waals surface area contributed by atoms with Crippen LogP contribution < -0.4 is 10.1 Å². The van der Waals surface area contributed by atoms with E-state index in [1.807, 2.05) is 44.2 Å². The molecule has 2 atom stereocenters. The molecule has 7 heteroatoms. The zero-order valence-corrected chi connectivity index (χ0v) is 21.9. The first-order chi connectivity index (χ1) is 17.9. The average Bonchev–Trinajstić information content (AvgIpc) is 3.39. The van der Waals surface area contributed by atoms with Crippen LogP contribution in [-0.4, -0.2) is 29.6 Å². The van der Waals surface area contributed by atoms with Crippen LogP contribution in [-0.2, 0) is 14.3 Å². The van der Waals surface area contributed by atoms with Gasteiger partial charge in [-0.15, -0.1) is 0 Å². The Hall–Kier alpha value is -3.25. The number of hydrogen-bond donors (Lipinski definition) is 2. The molecule has 0 spiro atoms. The van der Waals surface area contributed by atoms with Crippen molar-refractivity contribution in [3.05, 3.63) is 81.2 Å². The first-order valence-electron chi connectivity index (χ1n) is 13.0. The van der Waals surface area contributed by atoms with Gasteiger partial charge in [-0.1, -0.05) is 41.9 Å². The molecule has 6 nitrogen and oxygen atoms in total. The molecule has 5 rings (SSSR count). The van der Waals surface area contributed by atoms with Crippen LogP contribution >= 0.6 is 11.6 Å². The van der Waals surface area contributed by atoms with Gasteiger partial charge >= 0.3 is 5.97 Å². The number of hydrogen-bond acceptors (Lipinski definition) is 6. The third kappa shape index (κ3) is 4.99. The van der Waals surface area contributed by atoms with Gasteiger partial charge < -0.3 is 19.9 Å². The fraction of sp³-hybridized carbons (Fsp3) is 0.400. The standard InChI is InChI=1S/C30H32ClNO5/c1-3-36-25-16-20(13-22(31)29(25)34)27-26(30(35)37-21-11-7-8-12-21)17(2)32-23-14-19(15-24(33)28(23)27)18-9-5-4-6-10-18/h4-6,9-10,13,16,19,21,27,32,34H,3,7-8,11-12,14-15H2,1-2H3. The molecule has 0 bridgehead atoms. The van der Waals surface area contributed by atoms with Crippen molar-refractivity contribution in [1.82, 2.24) is 5.32 Å². The molecule has 1 saturated carbocycles. The molecule has 2 unspecified atom stereocenters. The number of benzene rings is 2. The highest BCUT2D eigenvalue weighted by Gasteiger charge is 2.42. The highest BCUT2D eigenvalue weighted by Crippen LogP contribution is 2.48. The Morgan fingerprint density at radius 3 is 2.54 bits per heavy atom. The Labute approximate surface area is 222 Å². The lowest BCUT2D eigenvalue weighted by Crippen LogP contribution is -2.36. The van der Waals surface area contributed by atoms with E-state index in [2.05, 4.69) is 5.32 Å². The zero-order chi connectivity index (χ0) is 26.1. The van der Waals surface area contributed by atoms with Crippen molar-refractivity contribution in [2.75, 3.05) is 6.61 Å². The number of phenolic OH excluding ortho intramolecular Hbond substituents is 1. The number of ketones is 1. The predicted octanol–water partition coefficient (Wildman–Crippen LogP) is 6.29. The molecule has 0 saturated heterocycles. The fourth-order valence-corrected chi connectivity index (χ4v) is 6.07. The number of nitrogens with one attached hydrogen (secondary N) is 1. The molecule has 1 heterocycles. The lowest BCUT2D eigenvalue weighted by molar-refractivity contribution is -0.144. The SMILES string of the molecule is CCOc1cc(C2C(C(=O)OC3CCCC3)=C(C)NC3=C2C(=O)CC(c2ccccc2)C3)cc(Cl)c1O. The Kier molecular flexibility index (Phi) is 7.29. The molecular formula is C30H32ClNO5. The normalized spacial score (nSPS) is 22.1. The summed E-state index contributed by atoms with van der Waals surface area (Å²) in [6, 6.07) is 13.3. The van der Waals surface area contributed by atoms with E-state index < -0.39 is 11.9 Å². The summed E-state index contributed by atoms with van der Waals surface area (Å²) in [7, 11) is 0. The van der Waals surface area contributed by atoms with Gasteiger partial charge in [-0.05, 0) is 75.1 Å². The second-order valence-corrected chi connectivity index (χ2v) is 10.4. The van der Waals surface area contributed by atoms with Gasteiger partial charge in [0, 0.05) is 29.3 Å². The summed E-state index contributed by atoms with van der Waals surface area (Å²) in [5.41, 5.74) is 4.16. The maximum Gasteiger partial charge on any atom is 0.337 e. The molecule has 0 radical (unpaired) electrons. The molecule has 0 amide bonds. The fourth-order valence-electron chi connectivity index (χ4n) is 5.85. The number of carbonyl (C=O) groups excluding carboxylic acids is 2. The molecule has 37 heavy (non-hydrogen) atoms. The largest absolute Gasteiger partial charge is 0.503 e. The molecule has 2 N–H and O–H groups in total.